The van der Waals surface area contributed by atoms with E-state index in [0.29, 0.717) is 0 Å². The van der Waals surface area contributed by atoms with E-state index in [4.69, 9.17) is 0 Å². The summed E-state index contributed by atoms with van der Waals surface area (Å²) in [5.41, 5.74) is 2.49. The van der Waals surface area contributed by atoms with Crippen LogP contribution in [0.4, 0.5) is 13.2 Å². The zero-order chi connectivity index (χ0) is 16.7. The van der Waals surface area contributed by atoms with Crippen molar-refractivity contribution >= 4 is 11.3 Å². The summed E-state index contributed by atoms with van der Waals surface area (Å²) in [7, 11) is 0. The van der Waals surface area contributed by atoms with Gasteiger partial charge in [0.15, 0.2) is 0 Å². The minimum absolute atomic E-state index is 0.623. The lowest BCUT2D eigenvalue weighted by Crippen LogP contribution is -2.26. The third-order valence-corrected chi connectivity index (χ3v) is 5.57. The standard InChI is InChI=1S/C18H15F3N2S/c19-18(20,21)13-6-4-12(5-7-13)17-22-15-8-10-23(14-2-1-3-14)11-9-16(15)24-17/h1-7H,8-11H2. The summed E-state index contributed by atoms with van der Waals surface area (Å²) in [4.78, 5) is 8.28. The maximum Gasteiger partial charge on any atom is 0.416 e. The fourth-order valence-electron chi connectivity index (χ4n) is 2.94. The summed E-state index contributed by atoms with van der Waals surface area (Å²) in [5, 5.41) is 0.810. The van der Waals surface area contributed by atoms with Crippen LogP contribution in [0.3, 0.4) is 0 Å². The van der Waals surface area contributed by atoms with Gasteiger partial charge in [-0.05, 0) is 24.3 Å². The van der Waals surface area contributed by atoms with E-state index in [-0.39, 0.29) is 0 Å². The maximum atomic E-state index is 12.7. The first-order chi connectivity index (χ1) is 11.5. The zero-order valence-electron chi connectivity index (χ0n) is 12.8. The molecule has 0 fully saturated rings. The van der Waals surface area contributed by atoms with E-state index in [1.807, 2.05) is 6.08 Å². The van der Waals surface area contributed by atoms with Gasteiger partial charge < -0.3 is 4.90 Å². The largest absolute Gasteiger partial charge is 0.416 e. The van der Waals surface area contributed by atoms with Gasteiger partial charge >= 0.3 is 6.18 Å². The predicted molar refractivity (Wildman–Crippen MR) is 88.8 cm³/mol. The number of hydrogen-bond acceptors (Lipinski definition) is 3. The molecule has 6 heteroatoms. The Kier molecular flexibility index (Phi) is 3.72. The molecule has 2 nitrogen and oxygen atoms in total. The Bertz CT molecular complexity index is 790. The van der Waals surface area contributed by atoms with E-state index in [0.717, 1.165) is 54.3 Å². The van der Waals surface area contributed by atoms with Crippen LogP contribution in [0, 0.1) is 0 Å². The third kappa shape index (κ3) is 2.86. The molecule has 0 saturated carbocycles. The Morgan fingerprint density at radius 2 is 1.75 bits per heavy atom. The topological polar surface area (TPSA) is 16.1 Å². The summed E-state index contributed by atoms with van der Waals surface area (Å²) in [6, 6.07) is 5.27. The van der Waals surface area contributed by atoms with Crippen LogP contribution in [-0.4, -0.2) is 23.0 Å². The average molecular weight is 348 g/mol. The molecule has 0 saturated heterocycles. The molecule has 0 unspecified atom stereocenters. The number of allylic oxidation sites excluding steroid dienone is 3. The summed E-state index contributed by atoms with van der Waals surface area (Å²) < 4.78 is 38.0. The van der Waals surface area contributed by atoms with Gasteiger partial charge in [-0.25, -0.2) is 4.98 Å². The number of aromatic nitrogens is 1. The Hall–Kier alpha value is -2.08. The first-order valence-electron chi connectivity index (χ1n) is 7.80. The van der Waals surface area contributed by atoms with Gasteiger partial charge in [-0.15, -0.1) is 11.3 Å². The highest BCUT2D eigenvalue weighted by Gasteiger charge is 2.30. The summed E-state index contributed by atoms with van der Waals surface area (Å²) >= 11 is 1.60. The normalized spacial score (nSPS) is 17.1. The number of nitrogens with zero attached hydrogens (tertiary/aromatic N) is 2. The van der Waals surface area contributed by atoms with Crippen molar-refractivity contribution in [1.82, 2.24) is 9.88 Å². The van der Waals surface area contributed by atoms with Crippen molar-refractivity contribution in [3.05, 3.63) is 64.3 Å². The lowest BCUT2D eigenvalue weighted by atomic mass is 10.1. The van der Waals surface area contributed by atoms with E-state index in [1.165, 1.54) is 22.7 Å². The molecule has 0 radical (unpaired) electrons. The minimum atomic E-state index is -4.30. The van der Waals surface area contributed by atoms with E-state index >= 15 is 0 Å². The molecule has 1 aliphatic carbocycles. The van der Waals surface area contributed by atoms with Gasteiger partial charge in [0, 0.05) is 42.1 Å². The predicted octanol–water partition coefficient (Wildman–Crippen LogP) is 4.68. The van der Waals surface area contributed by atoms with E-state index in [2.05, 4.69) is 22.0 Å². The van der Waals surface area contributed by atoms with E-state index < -0.39 is 11.7 Å². The molecule has 0 bridgehead atoms. The van der Waals surface area contributed by atoms with Gasteiger partial charge in [-0.3, -0.25) is 0 Å². The number of halogens is 3. The molecule has 2 heterocycles. The van der Waals surface area contributed by atoms with Crippen LogP contribution in [0.2, 0.25) is 0 Å². The second-order valence-corrected chi connectivity index (χ2v) is 6.99. The molecule has 0 amide bonds. The number of rotatable bonds is 2. The molecule has 1 aromatic heterocycles. The van der Waals surface area contributed by atoms with E-state index in [9.17, 15) is 13.2 Å². The van der Waals surface area contributed by atoms with Crippen LogP contribution in [0.25, 0.3) is 10.6 Å². The van der Waals surface area contributed by atoms with Gasteiger partial charge in [-0.1, -0.05) is 18.2 Å². The molecule has 0 N–H and O–H groups in total. The minimum Gasteiger partial charge on any atom is -0.371 e. The molecule has 2 aliphatic rings. The highest BCUT2D eigenvalue weighted by Crippen LogP contribution is 2.34. The molecule has 1 aliphatic heterocycles. The first kappa shape index (κ1) is 15.4. The maximum absolute atomic E-state index is 12.7. The van der Waals surface area contributed by atoms with Crippen molar-refractivity contribution in [2.45, 2.75) is 19.0 Å². The van der Waals surface area contributed by atoms with Gasteiger partial charge in [0.2, 0.25) is 0 Å². The number of thiazole rings is 1. The SMILES string of the molecule is FC(F)(F)c1ccc(-c2nc3c(s2)CCN(C2=CC=C2)CC3)cc1. The molecular formula is C18H15F3N2S. The molecule has 2 aromatic rings. The van der Waals surface area contributed by atoms with Crippen LogP contribution < -0.4 is 0 Å². The van der Waals surface area contributed by atoms with Crippen molar-refractivity contribution in [2.24, 2.45) is 0 Å². The fraction of sp³-hybridized carbons (Fsp3) is 0.278. The van der Waals surface area contributed by atoms with Crippen molar-refractivity contribution in [1.29, 1.82) is 0 Å². The summed E-state index contributed by atoms with van der Waals surface area (Å²) in [5.74, 6) is 0. The van der Waals surface area contributed by atoms with Crippen LogP contribution in [0.1, 0.15) is 16.1 Å². The highest BCUT2D eigenvalue weighted by molar-refractivity contribution is 7.15. The number of fused-ring (bicyclic) bond motifs is 1. The van der Waals surface area contributed by atoms with Crippen LogP contribution >= 0.6 is 11.3 Å². The second-order valence-electron chi connectivity index (χ2n) is 5.90. The van der Waals surface area contributed by atoms with Crippen molar-refractivity contribution in [3.8, 4) is 10.6 Å². The Morgan fingerprint density at radius 1 is 1.04 bits per heavy atom. The highest BCUT2D eigenvalue weighted by atomic mass is 32.1. The van der Waals surface area contributed by atoms with E-state index in [1.54, 1.807) is 11.3 Å². The lowest BCUT2D eigenvalue weighted by Gasteiger charge is -2.26. The zero-order valence-corrected chi connectivity index (χ0v) is 13.6. The number of benzene rings is 1. The molecule has 124 valence electrons. The van der Waals surface area contributed by atoms with Gasteiger partial charge in [0.25, 0.3) is 0 Å². The Labute approximate surface area is 141 Å². The Balaban J connectivity index is 1.53. The van der Waals surface area contributed by atoms with Crippen molar-refractivity contribution in [3.63, 3.8) is 0 Å². The summed E-state index contributed by atoms with van der Waals surface area (Å²) in [6.07, 6.45) is 3.76. The Morgan fingerprint density at radius 3 is 2.38 bits per heavy atom. The molecule has 0 atom stereocenters. The van der Waals surface area contributed by atoms with Crippen molar-refractivity contribution in [2.75, 3.05) is 13.1 Å². The van der Waals surface area contributed by atoms with Crippen LogP contribution in [-0.2, 0) is 19.0 Å². The smallest absolute Gasteiger partial charge is 0.371 e. The lowest BCUT2D eigenvalue weighted by molar-refractivity contribution is -0.137. The molecule has 0 spiro atoms. The molecule has 24 heavy (non-hydrogen) atoms. The van der Waals surface area contributed by atoms with Crippen LogP contribution in [0.15, 0.2) is 48.2 Å². The van der Waals surface area contributed by atoms with Gasteiger partial charge in [-0.2, -0.15) is 13.2 Å². The molecule has 1 aromatic carbocycles. The molecular weight excluding hydrogens is 333 g/mol. The van der Waals surface area contributed by atoms with Crippen LogP contribution in [0.5, 0.6) is 0 Å². The quantitative estimate of drug-likeness (QED) is 0.783. The number of hydrogen-bond donors (Lipinski definition) is 0. The number of alkyl halides is 3. The monoisotopic (exact) mass is 348 g/mol. The second kappa shape index (κ2) is 5.77. The molecule has 4 rings (SSSR count). The fourth-order valence-corrected chi connectivity index (χ4v) is 4.04. The first-order valence-corrected chi connectivity index (χ1v) is 8.62. The van der Waals surface area contributed by atoms with Crippen molar-refractivity contribution < 1.29 is 13.2 Å². The summed E-state index contributed by atoms with van der Waals surface area (Å²) in [6.45, 7) is 1.89. The van der Waals surface area contributed by atoms with Gasteiger partial charge in [0.1, 0.15) is 5.01 Å². The average Bonchev–Trinajstić information content (AvgIpc) is 2.81. The third-order valence-electron chi connectivity index (χ3n) is 4.36. The van der Waals surface area contributed by atoms with Gasteiger partial charge in [0.05, 0.1) is 11.3 Å².